The molecule has 0 heterocycles. The van der Waals surface area contributed by atoms with E-state index >= 15 is 0 Å². The van der Waals surface area contributed by atoms with Gasteiger partial charge < -0.3 is 20.3 Å². The third kappa shape index (κ3) is 7.28. The zero-order chi connectivity index (χ0) is 16.9. The van der Waals surface area contributed by atoms with E-state index in [9.17, 15) is 18.3 Å². The number of alkyl halides is 3. The Morgan fingerprint density at radius 1 is 1.22 bits per heavy atom. The maximum atomic E-state index is 12.2. The van der Waals surface area contributed by atoms with Gasteiger partial charge in [-0.15, -0.1) is 25.6 Å². The molecule has 23 heavy (non-hydrogen) atoms. The van der Waals surface area contributed by atoms with Crippen molar-refractivity contribution in [2.24, 2.45) is 11.7 Å². The molecule has 0 unspecified atom stereocenters. The number of nitrogens with two attached hydrogens (primary N) is 1. The highest BCUT2D eigenvalue weighted by atomic mass is 35.5. The Morgan fingerprint density at radius 3 is 2.30 bits per heavy atom. The van der Waals surface area contributed by atoms with Gasteiger partial charge in [0.2, 0.25) is 0 Å². The Labute approximate surface area is 140 Å². The van der Waals surface area contributed by atoms with Crippen LogP contribution in [0.25, 0.3) is 0 Å². The van der Waals surface area contributed by atoms with E-state index in [1.54, 1.807) is 0 Å². The summed E-state index contributed by atoms with van der Waals surface area (Å²) < 4.78 is 45.5. The van der Waals surface area contributed by atoms with Crippen molar-refractivity contribution < 1.29 is 27.8 Å². The second-order valence-electron chi connectivity index (χ2n) is 5.52. The van der Waals surface area contributed by atoms with Crippen LogP contribution in [0.3, 0.4) is 0 Å². The SMILES string of the molecule is COc1cc(OC(F)(F)F)ccc1[C@@H](N)[C@@H](O)CCC(C)C.Cl. The number of aliphatic hydroxyl groups excluding tert-OH is 1. The molecular formula is C15H23ClF3NO3. The van der Waals surface area contributed by atoms with Crippen molar-refractivity contribution in [2.75, 3.05) is 7.11 Å². The van der Waals surface area contributed by atoms with Crippen molar-refractivity contribution in [3.8, 4) is 11.5 Å². The number of halogens is 4. The van der Waals surface area contributed by atoms with Gasteiger partial charge >= 0.3 is 6.36 Å². The topological polar surface area (TPSA) is 64.7 Å². The fourth-order valence-electron chi connectivity index (χ4n) is 2.05. The Balaban J connectivity index is 0.00000484. The third-order valence-corrected chi connectivity index (χ3v) is 3.25. The van der Waals surface area contributed by atoms with Crippen molar-refractivity contribution in [1.29, 1.82) is 0 Å². The number of hydrogen-bond acceptors (Lipinski definition) is 4. The summed E-state index contributed by atoms with van der Waals surface area (Å²) in [4.78, 5) is 0. The van der Waals surface area contributed by atoms with E-state index in [1.165, 1.54) is 13.2 Å². The van der Waals surface area contributed by atoms with Gasteiger partial charge in [-0.1, -0.05) is 13.8 Å². The fraction of sp³-hybridized carbons (Fsp3) is 0.600. The van der Waals surface area contributed by atoms with Crippen LogP contribution >= 0.6 is 12.4 Å². The molecule has 0 saturated heterocycles. The molecule has 2 atom stereocenters. The molecule has 134 valence electrons. The van der Waals surface area contributed by atoms with Crippen molar-refractivity contribution >= 4 is 12.4 Å². The molecule has 0 aliphatic heterocycles. The summed E-state index contributed by atoms with van der Waals surface area (Å²) in [5.41, 5.74) is 6.42. The van der Waals surface area contributed by atoms with Crippen LogP contribution in [0.5, 0.6) is 11.5 Å². The van der Waals surface area contributed by atoms with E-state index in [0.29, 0.717) is 17.9 Å². The number of methoxy groups -OCH3 is 1. The van der Waals surface area contributed by atoms with Crippen LogP contribution in [0.2, 0.25) is 0 Å². The summed E-state index contributed by atoms with van der Waals surface area (Å²) in [5, 5.41) is 10.1. The predicted octanol–water partition coefficient (Wildman–Crippen LogP) is 3.81. The predicted molar refractivity (Wildman–Crippen MR) is 83.9 cm³/mol. The maximum absolute atomic E-state index is 12.2. The smallest absolute Gasteiger partial charge is 0.496 e. The van der Waals surface area contributed by atoms with E-state index < -0.39 is 24.3 Å². The summed E-state index contributed by atoms with van der Waals surface area (Å²) in [5.74, 6) is 0.182. The number of ether oxygens (including phenoxy) is 2. The molecule has 0 aliphatic rings. The standard InChI is InChI=1S/C15H22F3NO3.ClH/c1-9(2)4-7-12(20)14(19)11-6-5-10(8-13(11)21-3)22-15(16,17)18;/h5-6,8-9,12,14,20H,4,7,19H2,1-3H3;1H/t12-,14+;/m0./s1. The average molecular weight is 358 g/mol. The molecule has 0 aromatic heterocycles. The zero-order valence-electron chi connectivity index (χ0n) is 13.3. The summed E-state index contributed by atoms with van der Waals surface area (Å²) in [7, 11) is 1.32. The number of rotatable bonds is 7. The first-order chi connectivity index (χ1) is 10.1. The van der Waals surface area contributed by atoms with Gasteiger partial charge in [0.25, 0.3) is 0 Å². The minimum atomic E-state index is -4.77. The van der Waals surface area contributed by atoms with Crippen LogP contribution in [0.4, 0.5) is 13.2 Å². The molecule has 0 fully saturated rings. The minimum Gasteiger partial charge on any atom is -0.496 e. The molecule has 8 heteroatoms. The lowest BCUT2D eigenvalue weighted by atomic mass is 9.95. The fourth-order valence-corrected chi connectivity index (χ4v) is 2.05. The number of aliphatic hydroxyl groups is 1. The highest BCUT2D eigenvalue weighted by molar-refractivity contribution is 5.85. The second-order valence-corrected chi connectivity index (χ2v) is 5.52. The Hall–Kier alpha value is -1.18. The summed E-state index contributed by atoms with van der Waals surface area (Å²) in [6, 6.07) is 2.90. The zero-order valence-corrected chi connectivity index (χ0v) is 14.1. The van der Waals surface area contributed by atoms with Gasteiger partial charge in [-0.05, 0) is 30.9 Å². The molecule has 0 radical (unpaired) electrons. The van der Waals surface area contributed by atoms with Crippen LogP contribution in [-0.2, 0) is 0 Å². The highest BCUT2D eigenvalue weighted by Crippen LogP contribution is 2.33. The van der Waals surface area contributed by atoms with Crippen molar-refractivity contribution in [1.82, 2.24) is 0 Å². The van der Waals surface area contributed by atoms with E-state index in [4.69, 9.17) is 10.5 Å². The first kappa shape index (κ1) is 21.8. The molecule has 0 bridgehead atoms. The van der Waals surface area contributed by atoms with Crippen molar-refractivity contribution in [3.63, 3.8) is 0 Å². The quantitative estimate of drug-likeness (QED) is 0.778. The van der Waals surface area contributed by atoms with Gasteiger partial charge in [0, 0.05) is 11.6 Å². The second kappa shape index (κ2) is 9.20. The van der Waals surface area contributed by atoms with Gasteiger partial charge in [-0.25, -0.2) is 0 Å². The van der Waals surface area contributed by atoms with Crippen LogP contribution in [-0.4, -0.2) is 24.7 Å². The summed E-state index contributed by atoms with van der Waals surface area (Å²) in [6.45, 7) is 4.06. The maximum Gasteiger partial charge on any atom is 0.573 e. The van der Waals surface area contributed by atoms with E-state index in [1.807, 2.05) is 13.8 Å². The van der Waals surface area contributed by atoms with E-state index in [0.717, 1.165) is 18.6 Å². The largest absolute Gasteiger partial charge is 0.573 e. The molecule has 0 saturated carbocycles. The Bertz CT molecular complexity index is 484. The molecule has 1 aromatic rings. The monoisotopic (exact) mass is 357 g/mol. The van der Waals surface area contributed by atoms with E-state index in [2.05, 4.69) is 4.74 Å². The normalized spacial score (nSPS) is 14.1. The first-order valence-electron chi connectivity index (χ1n) is 7.01. The summed E-state index contributed by atoms with van der Waals surface area (Å²) >= 11 is 0. The molecule has 4 nitrogen and oxygen atoms in total. The molecule has 1 aromatic carbocycles. The first-order valence-corrected chi connectivity index (χ1v) is 7.01. The van der Waals surface area contributed by atoms with Crippen LogP contribution < -0.4 is 15.2 Å². The lowest BCUT2D eigenvalue weighted by Crippen LogP contribution is -2.27. The van der Waals surface area contributed by atoms with Crippen molar-refractivity contribution in [2.45, 2.75) is 45.2 Å². The van der Waals surface area contributed by atoms with Gasteiger partial charge in [0.15, 0.2) is 0 Å². The highest BCUT2D eigenvalue weighted by Gasteiger charge is 2.31. The minimum absolute atomic E-state index is 0. The number of benzene rings is 1. The van der Waals surface area contributed by atoms with Crippen molar-refractivity contribution in [3.05, 3.63) is 23.8 Å². The Kier molecular flexibility index (Phi) is 8.73. The molecule has 3 N–H and O–H groups in total. The summed E-state index contributed by atoms with van der Waals surface area (Å²) in [6.07, 6.45) is -4.27. The van der Waals surface area contributed by atoms with Crippen LogP contribution in [0, 0.1) is 5.92 Å². The molecule has 0 aliphatic carbocycles. The molecule has 0 spiro atoms. The van der Waals surface area contributed by atoms with Gasteiger partial charge in [0.1, 0.15) is 11.5 Å². The average Bonchev–Trinajstić information content (AvgIpc) is 2.42. The van der Waals surface area contributed by atoms with Crippen LogP contribution in [0.1, 0.15) is 38.3 Å². The lowest BCUT2D eigenvalue weighted by Gasteiger charge is -2.22. The molecule has 1 rings (SSSR count). The lowest BCUT2D eigenvalue weighted by molar-refractivity contribution is -0.274. The Morgan fingerprint density at radius 2 is 1.83 bits per heavy atom. The van der Waals surface area contributed by atoms with E-state index in [-0.39, 0.29) is 18.2 Å². The number of hydrogen-bond donors (Lipinski definition) is 2. The molecule has 0 amide bonds. The van der Waals surface area contributed by atoms with Crippen LogP contribution in [0.15, 0.2) is 18.2 Å². The van der Waals surface area contributed by atoms with Gasteiger partial charge in [-0.3, -0.25) is 0 Å². The van der Waals surface area contributed by atoms with Gasteiger partial charge in [-0.2, -0.15) is 0 Å². The molecular weight excluding hydrogens is 335 g/mol. The third-order valence-electron chi connectivity index (χ3n) is 3.25. The van der Waals surface area contributed by atoms with Gasteiger partial charge in [0.05, 0.1) is 19.3 Å².